The standard InChI is InChI=1S/C36H56N2O9/c1-8-17-37-18-20-38(21-19-37)34(42)46-30-13-12-25(4)32(47-31(41)22-27(39)14-16-36(30,7)44)24(3)11-10-15-35(6,43)23-29-33(45-29)26(5)28(40)9-2/h1,10-13,15,25-30,32-33,39-40,43-44H,9,14,16-23H2,2-7H3/b13-12+,15-10+,24-11+. The SMILES string of the molecule is C#CCN1CCN(C(=O)OC2/C=C/C(C)C(/C(C)=C/C=C/C(C)(O)CC3OC3C(C)C(O)CC)OC(=O)CC(O)CCC2(C)O)CC1. The fourth-order valence-electron chi connectivity index (χ4n) is 6.20. The molecule has 11 nitrogen and oxygen atoms in total. The van der Waals surface area contributed by atoms with Crippen LogP contribution in [-0.2, 0) is 19.0 Å². The average Bonchev–Trinajstić information content (AvgIpc) is 3.77. The molecule has 0 aromatic rings. The molecule has 2 fully saturated rings. The van der Waals surface area contributed by atoms with Crippen molar-refractivity contribution in [3.8, 4) is 12.3 Å². The van der Waals surface area contributed by atoms with E-state index in [4.69, 9.17) is 20.6 Å². The third kappa shape index (κ3) is 11.7. The van der Waals surface area contributed by atoms with Gasteiger partial charge in [0.15, 0.2) is 6.10 Å². The number of allylic oxidation sites excluding steroid dienone is 2. The Morgan fingerprint density at radius 3 is 2.62 bits per heavy atom. The Bertz CT molecular complexity index is 1180. The largest absolute Gasteiger partial charge is 0.457 e. The maximum atomic E-state index is 13.1. The molecule has 0 bridgehead atoms. The number of epoxide rings is 1. The molecule has 4 N–H and O–H groups in total. The first-order valence-electron chi connectivity index (χ1n) is 16.9. The summed E-state index contributed by atoms with van der Waals surface area (Å²) in [5.74, 6) is 1.64. The van der Waals surface area contributed by atoms with Gasteiger partial charge in [-0.05, 0) is 51.7 Å². The minimum absolute atomic E-state index is 0.0162. The van der Waals surface area contributed by atoms with E-state index in [1.807, 2.05) is 27.7 Å². The molecule has 0 aliphatic carbocycles. The fourth-order valence-corrected chi connectivity index (χ4v) is 6.20. The molecule has 0 aromatic carbocycles. The zero-order valence-corrected chi connectivity index (χ0v) is 28.9. The number of cyclic esters (lactones) is 1. The molecule has 3 heterocycles. The number of carbonyl (C=O) groups is 2. The Balaban J connectivity index is 1.73. The zero-order valence-electron chi connectivity index (χ0n) is 28.9. The van der Waals surface area contributed by atoms with E-state index < -0.39 is 53.6 Å². The van der Waals surface area contributed by atoms with E-state index in [2.05, 4.69) is 10.8 Å². The number of piperazine rings is 1. The number of amides is 1. The van der Waals surface area contributed by atoms with Crippen LogP contribution in [0.5, 0.6) is 0 Å². The van der Waals surface area contributed by atoms with Crippen LogP contribution in [0.3, 0.4) is 0 Å². The molecule has 47 heavy (non-hydrogen) atoms. The van der Waals surface area contributed by atoms with E-state index in [0.29, 0.717) is 51.1 Å². The van der Waals surface area contributed by atoms with Gasteiger partial charge < -0.3 is 39.5 Å². The molecule has 2 saturated heterocycles. The predicted octanol–water partition coefficient (Wildman–Crippen LogP) is 2.96. The summed E-state index contributed by atoms with van der Waals surface area (Å²) in [6.07, 6.45) is 10.9. The molecule has 264 valence electrons. The van der Waals surface area contributed by atoms with Gasteiger partial charge in [0.1, 0.15) is 11.7 Å². The third-order valence-corrected chi connectivity index (χ3v) is 9.54. The van der Waals surface area contributed by atoms with Crippen LogP contribution < -0.4 is 0 Å². The second-order valence-corrected chi connectivity index (χ2v) is 14.0. The first kappa shape index (κ1) is 38.7. The summed E-state index contributed by atoms with van der Waals surface area (Å²) >= 11 is 0. The molecule has 0 radical (unpaired) electrons. The first-order valence-corrected chi connectivity index (χ1v) is 16.9. The lowest BCUT2D eigenvalue weighted by Crippen LogP contribution is -2.51. The minimum Gasteiger partial charge on any atom is -0.457 e. The number of hydrogen-bond donors (Lipinski definition) is 4. The summed E-state index contributed by atoms with van der Waals surface area (Å²) in [7, 11) is 0. The van der Waals surface area contributed by atoms with E-state index in [0.717, 1.165) is 0 Å². The number of rotatable bonds is 10. The van der Waals surface area contributed by atoms with Crippen molar-refractivity contribution in [1.82, 2.24) is 9.80 Å². The smallest absolute Gasteiger partial charge is 0.410 e. The highest BCUT2D eigenvalue weighted by Gasteiger charge is 2.47. The van der Waals surface area contributed by atoms with E-state index in [1.165, 1.54) is 0 Å². The number of hydrogen-bond acceptors (Lipinski definition) is 10. The van der Waals surface area contributed by atoms with Crippen LogP contribution in [-0.4, -0.2) is 123 Å². The van der Waals surface area contributed by atoms with Crippen LogP contribution in [0.1, 0.15) is 73.6 Å². The molecule has 10 atom stereocenters. The lowest BCUT2D eigenvalue weighted by atomic mass is 9.88. The highest BCUT2D eigenvalue weighted by Crippen LogP contribution is 2.37. The maximum absolute atomic E-state index is 13.1. The minimum atomic E-state index is -1.51. The van der Waals surface area contributed by atoms with Gasteiger partial charge in [0.2, 0.25) is 0 Å². The van der Waals surface area contributed by atoms with Crippen molar-refractivity contribution < 1.29 is 44.2 Å². The van der Waals surface area contributed by atoms with Crippen molar-refractivity contribution in [2.24, 2.45) is 11.8 Å². The maximum Gasteiger partial charge on any atom is 0.410 e. The molecular weight excluding hydrogens is 604 g/mol. The van der Waals surface area contributed by atoms with E-state index >= 15 is 0 Å². The molecule has 11 heteroatoms. The van der Waals surface area contributed by atoms with E-state index in [-0.39, 0.29) is 37.4 Å². The Hall–Kier alpha value is -2.72. The van der Waals surface area contributed by atoms with Gasteiger partial charge in [-0.25, -0.2) is 4.79 Å². The zero-order chi connectivity index (χ0) is 34.9. The van der Waals surface area contributed by atoms with Gasteiger partial charge in [-0.1, -0.05) is 51.0 Å². The first-order chi connectivity index (χ1) is 22.1. The fraction of sp³-hybridized carbons (Fsp3) is 0.722. The molecule has 0 aromatic heterocycles. The Morgan fingerprint density at radius 2 is 1.98 bits per heavy atom. The van der Waals surface area contributed by atoms with Crippen LogP contribution in [0.2, 0.25) is 0 Å². The summed E-state index contributed by atoms with van der Waals surface area (Å²) in [4.78, 5) is 29.6. The Labute approximate surface area is 280 Å². The van der Waals surface area contributed by atoms with Crippen LogP contribution >= 0.6 is 0 Å². The van der Waals surface area contributed by atoms with Gasteiger partial charge in [-0.15, -0.1) is 6.42 Å². The highest BCUT2D eigenvalue weighted by atomic mass is 16.6. The number of esters is 1. The van der Waals surface area contributed by atoms with Gasteiger partial charge in [-0.3, -0.25) is 9.69 Å². The second-order valence-electron chi connectivity index (χ2n) is 14.0. The van der Waals surface area contributed by atoms with Crippen LogP contribution in [0.15, 0.2) is 36.0 Å². The Morgan fingerprint density at radius 1 is 1.30 bits per heavy atom. The van der Waals surface area contributed by atoms with Gasteiger partial charge in [0.25, 0.3) is 0 Å². The number of carbonyl (C=O) groups excluding carboxylic acids is 2. The number of ether oxygens (including phenoxy) is 3. The topological polar surface area (TPSA) is 153 Å². The molecule has 10 unspecified atom stereocenters. The van der Waals surface area contributed by atoms with Gasteiger partial charge in [0, 0.05) is 44.4 Å². The van der Waals surface area contributed by atoms with E-state index in [1.54, 1.807) is 49.1 Å². The average molecular weight is 661 g/mol. The molecule has 0 saturated carbocycles. The lowest BCUT2D eigenvalue weighted by molar-refractivity contribution is -0.151. The summed E-state index contributed by atoms with van der Waals surface area (Å²) < 4.78 is 17.4. The molecule has 3 aliphatic rings. The molecule has 3 rings (SSSR count). The van der Waals surface area contributed by atoms with Crippen LogP contribution in [0.25, 0.3) is 0 Å². The van der Waals surface area contributed by atoms with Crippen molar-refractivity contribution in [3.63, 3.8) is 0 Å². The van der Waals surface area contributed by atoms with Crippen molar-refractivity contribution >= 4 is 12.1 Å². The lowest BCUT2D eigenvalue weighted by Gasteiger charge is -2.36. The van der Waals surface area contributed by atoms with Crippen LogP contribution in [0.4, 0.5) is 4.79 Å². The van der Waals surface area contributed by atoms with Crippen molar-refractivity contribution in [2.75, 3.05) is 32.7 Å². The summed E-state index contributed by atoms with van der Waals surface area (Å²) in [6, 6.07) is 0. The summed E-state index contributed by atoms with van der Waals surface area (Å²) in [6.45, 7) is 13.4. The monoisotopic (exact) mass is 660 g/mol. The normalized spacial score (nSPS) is 34.6. The molecule has 0 spiro atoms. The molecule has 1 amide bonds. The number of terminal acetylenes is 1. The molecular formula is C36H56N2O9. The predicted molar refractivity (Wildman–Crippen MR) is 178 cm³/mol. The highest BCUT2D eigenvalue weighted by molar-refractivity contribution is 5.70. The van der Waals surface area contributed by atoms with Crippen molar-refractivity contribution in [3.05, 3.63) is 36.0 Å². The number of aliphatic hydroxyl groups excluding tert-OH is 2. The van der Waals surface area contributed by atoms with Crippen molar-refractivity contribution in [1.29, 1.82) is 0 Å². The quantitative estimate of drug-likeness (QED) is 0.0905. The number of aliphatic hydroxyl groups is 4. The second kappa shape index (κ2) is 17.1. The third-order valence-electron chi connectivity index (χ3n) is 9.54. The van der Waals surface area contributed by atoms with Crippen LogP contribution in [0, 0.1) is 24.2 Å². The summed E-state index contributed by atoms with van der Waals surface area (Å²) in [5, 5.41) is 43.1. The summed E-state index contributed by atoms with van der Waals surface area (Å²) in [5.41, 5.74) is -1.98. The molecule has 3 aliphatic heterocycles. The van der Waals surface area contributed by atoms with Crippen molar-refractivity contribution in [2.45, 2.75) is 121 Å². The van der Waals surface area contributed by atoms with Gasteiger partial charge in [0.05, 0.1) is 43.0 Å². The van der Waals surface area contributed by atoms with Gasteiger partial charge >= 0.3 is 12.1 Å². The van der Waals surface area contributed by atoms with Gasteiger partial charge in [-0.2, -0.15) is 0 Å². The Kier molecular flexibility index (Phi) is 14.1. The number of nitrogens with zero attached hydrogens (tertiary/aromatic N) is 2. The van der Waals surface area contributed by atoms with E-state index in [9.17, 15) is 30.0 Å².